The summed E-state index contributed by atoms with van der Waals surface area (Å²) in [5, 5.41) is 32.1. The van der Waals surface area contributed by atoms with Gasteiger partial charge in [-0.25, -0.2) is 0 Å². The molecule has 3 aromatic rings. The second-order valence-electron chi connectivity index (χ2n) is 15.6. The zero-order valence-electron chi connectivity index (χ0n) is 31.9. The molecule has 0 aromatic heterocycles. The van der Waals surface area contributed by atoms with E-state index in [0.717, 1.165) is 81.6 Å². The monoisotopic (exact) mass is 746 g/mol. The summed E-state index contributed by atoms with van der Waals surface area (Å²) in [6, 6.07) is 11.4. The number of carbonyl (C=O) groups is 1. The maximum atomic E-state index is 12.4. The average Bonchev–Trinajstić information content (AvgIpc) is 3.72. The van der Waals surface area contributed by atoms with Crippen molar-refractivity contribution in [3.8, 4) is 51.7 Å². The molecule has 11 heteroatoms. The van der Waals surface area contributed by atoms with Crippen molar-refractivity contribution < 1.29 is 34.0 Å². The van der Waals surface area contributed by atoms with Crippen LogP contribution >= 0.6 is 0 Å². The second-order valence-corrected chi connectivity index (χ2v) is 15.6. The first kappa shape index (κ1) is 36.8. The molecule has 5 unspecified atom stereocenters. The lowest BCUT2D eigenvalue weighted by atomic mass is 9.65. The van der Waals surface area contributed by atoms with Gasteiger partial charge in [0, 0.05) is 60.2 Å². The maximum absolute atomic E-state index is 12.4. The number of benzene rings is 3. The minimum atomic E-state index is -0.589. The van der Waals surface area contributed by atoms with Gasteiger partial charge in [0.05, 0.1) is 24.9 Å². The highest BCUT2D eigenvalue weighted by Crippen LogP contribution is 2.62. The Morgan fingerprint density at radius 3 is 2.69 bits per heavy atom. The fraction of sp³-hybridized carbons (Fsp3) is 0.432. The van der Waals surface area contributed by atoms with Gasteiger partial charge in [-0.15, -0.1) is 0 Å². The molecule has 4 bridgehead atoms. The van der Waals surface area contributed by atoms with Gasteiger partial charge in [0.2, 0.25) is 0 Å². The number of hydrogen-bond donors (Lipinski definition) is 6. The van der Waals surface area contributed by atoms with Crippen LogP contribution in [0.5, 0.6) is 28.7 Å². The highest BCUT2D eigenvalue weighted by atomic mass is 16.5. The molecule has 288 valence electrons. The quantitative estimate of drug-likeness (QED) is 0.130. The van der Waals surface area contributed by atoms with Crippen molar-refractivity contribution in [1.82, 2.24) is 16.0 Å². The number of hydrogen-bond acceptors (Lipinski definition) is 11. The number of carbonyl (C=O) groups excluding carboxylic acids is 1. The number of likely N-dealkylation sites (N-methyl/N-ethyl adjacent to an activating group) is 2. The standard InChI is InChI=1S/C44H50N4O7/c1-24(49)53-23-34-31-9-10-32-40-28(15-29(50)17-38(40)52-4)20-44-13-12-25(19-44)14-27-8-11-39(45)48-35(27)7-5-6-26-16-36(51)37(54-30(21-46-2)22-47-3)18-33(26)42(34)55-43(31)41(32)44/h8-11,15-18,25,30,34,39,42,46-48,50-51H,6,12-14,19-23,45H2,1-4H3. The van der Waals surface area contributed by atoms with Crippen molar-refractivity contribution >= 4 is 5.97 Å². The van der Waals surface area contributed by atoms with Gasteiger partial charge in [-0.3, -0.25) is 4.79 Å². The average molecular weight is 747 g/mol. The molecule has 3 aliphatic heterocycles. The molecule has 7 N–H and O–H groups in total. The van der Waals surface area contributed by atoms with E-state index < -0.39 is 6.10 Å². The minimum absolute atomic E-state index is 0.00367. The number of phenolic OH excluding ortho intramolecular Hbond substituents is 2. The van der Waals surface area contributed by atoms with E-state index >= 15 is 0 Å². The molecule has 5 aliphatic rings. The van der Waals surface area contributed by atoms with Gasteiger partial charge in [0.1, 0.15) is 36.1 Å². The van der Waals surface area contributed by atoms with E-state index in [9.17, 15) is 15.0 Å². The molecule has 55 heavy (non-hydrogen) atoms. The fourth-order valence-corrected chi connectivity index (χ4v) is 9.67. The third-order valence-corrected chi connectivity index (χ3v) is 11.9. The van der Waals surface area contributed by atoms with Gasteiger partial charge in [0.15, 0.2) is 11.5 Å². The first-order chi connectivity index (χ1) is 26.6. The smallest absolute Gasteiger partial charge is 0.302 e. The van der Waals surface area contributed by atoms with Crippen molar-refractivity contribution in [3.05, 3.63) is 87.6 Å². The van der Waals surface area contributed by atoms with Crippen LogP contribution < -0.4 is 35.9 Å². The third-order valence-electron chi connectivity index (χ3n) is 11.9. The number of rotatable bonds is 9. The number of esters is 1. The van der Waals surface area contributed by atoms with Crippen molar-refractivity contribution in [2.45, 2.75) is 75.2 Å². The second kappa shape index (κ2) is 14.8. The third kappa shape index (κ3) is 6.77. The molecule has 1 fully saturated rings. The first-order valence-electron chi connectivity index (χ1n) is 19.2. The molecule has 3 heterocycles. The van der Waals surface area contributed by atoms with Crippen LogP contribution in [0.2, 0.25) is 0 Å². The van der Waals surface area contributed by atoms with Crippen LogP contribution in [0.4, 0.5) is 0 Å². The van der Waals surface area contributed by atoms with E-state index in [-0.39, 0.29) is 47.7 Å². The molecule has 3 aromatic carbocycles. The molecule has 1 spiro atoms. The predicted molar refractivity (Wildman–Crippen MR) is 209 cm³/mol. The lowest BCUT2D eigenvalue weighted by Crippen LogP contribution is -2.37. The summed E-state index contributed by atoms with van der Waals surface area (Å²) in [4.78, 5) is 12.4. The van der Waals surface area contributed by atoms with E-state index in [0.29, 0.717) is 43.3 Å². The zero-order chi connectivity index (χ0) is 38.4. The summed E-state index contributed by atoms with van der Waals surface area (Å²) in [5.41, 5.74) is 14.7. The predicted octanol–water partition coefficient (Wildman–Crippen LogP) is 4.98. The summed E-state index contributed by atoms with van der Waals surface area (Å²) in [6.45, 7) is 2.64. The number of dihydropyridines is 1. The maximum Gasteiger partial charge on any atom is 0.302 e. The number of ether oxygens (including phenoxy) is 4. The molecular weight excluding hydrogens is 697 g/mol. The number of allylic oxidation sites excluding steroid dienone is 3. The number of nitrogens with two attached hydrogens (primary N) is 1. The molecule has 0 radical (unpaired) electrons. The van der Waals surface area contributed by atoms with Gasteiger partial charge >= 0.3 is 5.97 Å². The van der Waals surface area contributed by atoms with E-state index in [2.05, 4.69) is 46.0 Å². The van der Waals surface area contributed by atoms with Gasteiger partial charge in [-0.2, -0.15) is 0 Å². The molecule has 1 saturated carbocycles. The van der Waals surface area contributed by atoms with Crippen LogP contribution in [-0.4, -0.2) is 69.4 Å². The summed E-state index contributed by atoms with van der Waals surface area (Å²) >= 11 is 0. The molecule has 5 atom stereocenters. The summed E-state index contributed by atoms with van der Waals surface area (Å²) < 4.78 is 25.5. The summed E-state index contributed by atoms with van der Waals surface area (Å²) in [5.74, 6) is 8.34. The molecule has 0 amide bonds. The van der Waals surface area contributed by atoms with Gasteiger partial charge in [-0.1, -0.05) is 24.1 Å². The lowest BCUT2D eigenvalue weighted by molar-refractivity contribution is -0.141. The molecule has 2 aliphatic carbocycles. The number of nitrogens with one attached hydrogen (secondary N) is 3. The van der Waals surface area contributed by atoms with Crippen molar-refractivity contribution in [2.24, 2.45) is 11.7 Å². The summed E-state index contributed by atoms with van der Waals surface area (Å²) in [6.07, 6.45) is 7.58. The van der Waals surface area contributed by atoms with E-state index in [1.807, 2.05) is 32.3 Å². The highest BCUT2D eigenvalue weighted by Gasteiger charge is 2.51. The van der Waals surface area contributed by atoms with Crippen LogP contribution in [0, 0.1) is 17.8 Å². The summed E-state index contributed by atoms with van der Waals surface area (Å²) in [7, 11) is 5.36. The van der Waals surface area contributed by atoms with Crippen molar-refractivity contribution in [1.29, 1.82) is 0 Å². The molecule has 0 saturated heterocycles. The highest BCUT2D eigenvalue weighted by molar-refractivity contribution is 5.84. The van der Waals surface area contributed by atoms with E-state index in [1.165, 1.54) is 6.92 Å². The first-order valence-corrected chi connectivity index (χ1v) is 19.2. The SMILES string of the molecule is CNCC(CNC)Oc1cc2c(cc1O)CC#CC1=C(C=CC(N)N1)CC1CCC3(Cc4cc(O)cc(OC)c4-c4ccc5c(c43)OC2C5COC(C)=O)C1. The Morgan fingerprint density at radius 1 is 1.11 bits per heavy atom. The van der Waals surface area contributed by atoms with Crippen LogP contribution in [0.1, 0.15) is 72.4 Å². The zero-order valence-corrected chi connectivity index (χ0v) is 31.9. The van der Waals surface area contributed by atoms with Gasteiger partial charge in [-0.05, 0) is 105 Å². The largest absolute Gasteiger partial charge is 0.508 e. The Bertz CT molecular complexity index is 2150. The fourth-order valence-electron chi connectivity index (χ4n) is 9.67. The number of fused-ring (bicyclic) bond motifs is 6. The van der Waals surface area contributed by atoms with Crippen LogP contribution in [0.15, 0.2) is 59.8 Å². The topological polar surface area (TPSA) is 157 Å². The number of methoxy groups -OCH3 is 1. The number of aromatic hydroxyl groups is 2. The van der Waals surface area contributed by atoms with Crippen molar-refractivity contribution in [3.63, 3.8) is 0 Å². The molecule has 11 nitrogen and oxygen atoms in total. The Morgan fingerprint density at radius 2 is 1.93 bits per heavy atom. The van der Waals surface area contributed by atoms with Gasteiger partial charge in [0.25, 0.3) is 0 Å². The van der Waals surface area contributed by atoms with Gasteiger partial charge < -0.3 is 50.8 Å². The minimum Gasteiger partial charge on any atom is -0.508 e. The van der Waals surface area contributed by atoms with Crippen molar-refractivity contribution in [2.75, 3.05) is 40.9 Å². The molecule has 8 rings (SSSR count). The van der Waals surface area contributed by atoms with E-state index in [1.54, 1.807) is 19.2 Å². The Kier molecular flexibility index (Phi) is 9.92. The molecular formula is C44H50N4O7. The van der Waals surface area contributed by atoms with Crippen LogP contribution in [0.3, 0.4) is 0 Å². The van der Waals surface area contributed by atoms with E-state index in [4.69, 9.17) is 24.7 Å². The van der Waals surface area contributed by atoms with Crippen LogP contribution in [0.25, 0.3) is 11.1 Å². The Labute approximate surface area is 322 Å². The number of phenols is 2. The normalized spacial score (nSPS) is 24.3. The lowest BCUT2D eigenvalue weighted by Gasteiger charge is -2.39. The van der Waals surface area contributed by atoms with Crippen LogP contribution in [-0.2, 0) is 27.8 Å². The Hall–Kier alpha value is -5.15. The Balaban J connectivity index is 1.36.